The number of aromatic nitrogens is 2. The number of fused-ring (bicyclic) bond motifs is 1. The number of sulfonamides is 1. The molecule has 4 rings (SSSR count). The smallest absolute Gasteiger partial charge is 0.246 e. The molecule has 2 N–H and O–H groups in total. The van der Waals surface area contributed by atoms with Gasteiger partial charge in [0, 0.05) is 17.8 Å². The molecule has 0 saturated carbocycles. The Kier molecular flexibility index (Phi) is 4.78. The third-order valence-electron chi connectivity index (χ3n) is 4.59. The van der Waals surface area contributed by atoms with E-state index >= 15 is 0 Å². The van der Waals surface area contributed by atoms with E-state index in [0.29, 0.717) is 24.9 Å². The van der Waals surface area contributed by atoms with Crippen molar-refractivity contribution in [2.45, 2.75) is 24.8 Å². The Labute approximate surface area is 163 Å². The van der Waals surface area contributed by atoms with Gasteiger partial charge in [0.05, 0.1) is 18.0 Å². The molecule has 0 bridgehead atoms. The number of rotatable bonds is 6. The van der Waals surface area contributed by atoms with Crippen LogP contribution in [0.25, 0.3) is 11.4 Å². The van der Waals surface area contributed by atoms with E-state index in [-0.39, 0.29) is 4.90 Å². The summed E-state index contributed by atoms with van der Waals surface area (Å²) in [6.45, 7) is 3.67. The van der Waals surface area contributed by atoms with Crippen LogP contribution in [0.3, 0.4) is 0 Å². The fourth-order valence-electron chi connectivity index (χ4n) is 3.23. The van der Waals surface area contributed by atoms with Crippen LogP contribution in [-0.2, 0) is 23.0 Å². The lowest BCUT2D eigenvalue weighted by Gasteiger charge is -2.17. The molecule has 9 heteroatoms. The second-order valence-electron chi connectivity index (χ2n) is 6.48. The van der Waals surface area contributed by atoms with Crippen LogP contribution in [0.5, 0.6) is 5.75 Å². The van der Waals surface area contributed by atoms with Crippen LogP contribution in [0, 0.1) is 0 Å². The Morgan fingerprint density at radius 2 is 2.00 bits per heavy atom. The molecule has 1 aliphatic heterocycles. The first-order chi connectivity index (χ1) is 13.4. The van der Waals surface area contributed by atoms with E-state index in [0.717, 1.165) is 35.5 Å². The van der Waals surface area contributed by atoms with Crippen LogP contribution >= 0.6 is 0 Å². The van der Waals surface area contributed by atoms with Gasteiger partial charge in [0.15, 0.2) is 0 Å². The lowest BCUT2D eigenvalue weighted by atomic mass is 10.2. The Morgan fingerprint density at radius 1 is 1.21 bits per heavy atom. The summed E-state index contributed by atoms with van der Waals surface area (Å²) in [7, 11) is -3.75. The van der Waals surface area contributed by atoms with Crippen LogP contribution in [0.4, 0.5) is 5.69 Å². The van der Waals surface area contributed by atoms with E-state index in [9.17, 15) is 8.42 Å². The summed E-state index contributed by atoms with van der Waals surface area (Å²) >= 11 is 0. The molecule has 28 heavy (non-hydrogen) atoms. The van der Waals surface area contributed by atoms with Gasteiger partial charge in [-0.3, -0.25) is 0 Å². The molecule has 8 nitrogen and oxygen atoms in total. The summed E-state index contributed by atoms with van der Waals surface area (Å²) in [5.74, 6) is 1.74. The van der Waals surface area contributed by atoms with E-state index < -0.39 is 10.0 Å². The first-order valence-corrected chi connectivity index (χ1v) is 10.4. The Hall–Kier alpha value is -2.91. The van der Waals surface area contributed by atoms with E-state index in [2.05, 4.69) is 10.1 Å². The second kappa shape index (κ2) is 7.25. The van der Waals surface area contributed by atoms with Crippen LogP contribution in [0.1, 0.15) is 18.4 Å². The van der Waals surface area contributed by atoms with Gasteiger partial charge in [-0.25, -0.2) is 13.6 Å². The molecule has 146 valence electrons. The molecule has 3 aromatic rings. The van der Waals surface area contributed by atoms with Gasteiger partial charge in [-0.2, -0.15) is 4.98 Å². The van der Waals surface area contributed by atoms with Gasteiger partial charge in [0.2, 0.25) is 21.7 Å². The SMILES string of the molecule is CCOc1ccc(-c2noc(CN3CCc4ccc(S(N)(=O)=O)cc43)n2)cc1. The molecule has 1 aliphatic rings. The molecule has 0 radical (unpaired) electrons. The molecule has 0 spiro atoms. The molecule has 2 heterocycles. The minimum Gasteiger partial charge on any atom is -0.494 e. The largest absolute Gasteiger partial charge is 0.494 e. The van der Waals surface area contributed by atoms with Gasteiger partial charge in [-0.1, -0.05) is 11.2 Å². The highest BCUT2D eigenvalue weighted by atomic mass is 32.2. The van der Waals surface area contributed by atoms with Crippen LogP contribution < -0.4 is 14.8 Å². The molecule has 0 unspecified atom stereocenters. The number of nitrogens with two attached hydrogens (primary N) is 1. The highest BCUT2D eigenvalue weighted by Crippen LogP contribution is 2.31. The van der Waals surface area contributed by atoms with Crippen LogP contribution in [0.15, 0.2) is 51.9 Å². The van der Waals surface area contributed by atoms with Crippen LogP contribution in [-0.4, -0.2) is 31.7 Å². The van der Waals surface area contributed by atoms with E-state index in [4.69, 9.17) is 14.4 Å². The molecular formula is C19H20N4O4S. The quantitative estimate of drug-likeness (QED) is 0.676. The fraction of sp³-hybridized carbons (Fsp3) is 0.263. The van der Waals surface area contributed by atoms with E-state index in [1.54, 1.807) is 12.1 Å². The number of hydrogen-bond donors (Lipinski definition) is 1. The maximum absolute atomic E-state index is 11.6. The molecule has 0 aliphatic carbocycles. The molecule has 0 atom stereocenters. The molecule has 0 saturated heterocycles. The van der Waals surface area contributed by atoms with Crippen molar-refractivity contribution < 1.29 is 17.7 Å². The summed E-state index contributed by atoms with van der Waals surface area (Å²) in [6, 6.07) is 12.4. The zero-order valence-corrected chi connectivity index (χ0v) is 16.1. The number of nitrogens with zero attached hydrogens (tertiary/aromatic N) is 3. The summed E-state index contributed by atoms with van der Waals surface area (Å²) in [6.07, 6.45) is 0.820. The zero-order valence-electron chi connectivity index (χ0n) is 15.3. The predicted octanol–water partition coefficient (Wildman–Crippen LogP) is 2.35. The zero-order chi connectivity index (χ0) is 19.7. The van der Waals surface area contributed by atoms with Gasteiger partial charge < -0.3 is 14.2 Å². The topological polar surface area (TPSA) is 112 Å². The summed E-state index contributed by atoms with van der Waals surface area (Å²) in [5, 5.41) is 9.30. The fourth-order valence-corrected chi connectivity index (χ4v) is 3.77. The van der Waals surface area contributed by atoms with E-state index in [1.807, 2.05) is 36.1 Å². The highest BCUT2D eigenvalue weighted by Gasteiger charge is 2.23. The van der Waals surface area contributed by atoms with Crippen molar-refractivity contribution >= 4 is 15.7 Å². The number of hydrogen-bond acceptors (Lipinski definition) is 7. The minimum atomic E-state index is -3.75. The highest BCUT2D eigenvalue weighted by molar-refractivity contribution is 7.89. The van der Waals surface area contributed by atoms with Crippen molar-refractivity contribution in [1.82, 2.24) is 10.1 Å². The monoisotopic (exact) mass is 400 g/mol. The molecular weight excluding hydrogens is 380 g/mol. The molecule has 2 aromatic carbocycles. The van der Waals surface area contributed by atoms with Crippen molar-refractivity contribution in [3.05, 3.63) is 53.9 Å². The second-order valence-corrected chi connectivity index (χ2v) is 8.04. The minimum absolute atomic E-state index is 0.0961. The number of benzene rings is 2. The maximum Gasteiger partial charge on any atom is 0.246 e. The van der Waals surface area contributed by atoms with Gasteiger partial charge in [0.25, 0.3) is 0 Å². The molecule has 1 aromatic heterocycles. The standard InChI is InChI=1S/C19H20N4O4S/c1-2-26-15-6-3-14(4-7-15)19-21-18(27-22-19)12-23-10-9-13-5-8-16(11-17(13)23)28(20,24)25/h3-8,11H,2,9-10,12H2,1H3,(H2,20,24,25). The Bertz CT molecular complexity index is 1090. The Morgan fingerprint density at radius 3 is 2.71 bits per heavy atom. The van der Waals surface area contributed by atoms with Crippen molar-refractivity contribution in [2.75, 3.05) is 18.1 Å². The van der Waals surface area contributed by atoms with E-state index in [1.165, 1.54) is 6.07 Å². The maximum atomic E-state index is 11.6. The van der Waals surface area contributed by atoms with Crippen molar-refractivity contribution in [3.8, 4) is 17.1 Å². The third kappa shape index (κ3) is 3.71. The molecule has 0 amide bonds. The van der Waals surface area contributed by atoms with Crippen molar-refractivity contribution in [2.24, 2.45) is 5.14 Å². The first kappa shape index (κ1) is 18.5. The third-order valence-corrected chi connectivity index (χ3v) is 5.51. The van der Waals surface area contributed by atoms with Gasteiger partial charge in [-0.15, -0.1) is 0 Å². The van der Waals surface area contributed by atoms with Crippen molar-refractivity contribution in [1.29, 1.82) is 0 Å². The number of anilines is 1. The van der Waals surface area contributed by atoms with Gasteiger partial charge >= 0.3 is 0 Å². The van der Waals surface area contributed by atoms with Crippen LogP contribution in [0.2, 0.25) is 0 Å². The first-order valence-electron chi connectivity index (χ1n) is 8.90. The van der Waals surface area contributed by atoms with Crippen molar-refractivity contribution in [3.63, 3.8) is 0 Å². The normalized spacial score (nSPS) is 13.6. The lowest BCUT2D eigenvalue weighted by Crippen LogP contribution is -2.20. The Balaban J connectivity index is 1.53. The average Bonchev–Trinajstić information content (AvgIpc) is 3.29. The van der Waals surface area contributed by atoms with Gasteiger partial charge in [-0.05, 0) is 55.3 Å². The number of primary sulfonamides is 1. The summed E-state index contributed by atoms with van der Waals surface area (Å²) < 4.78 is 34.1. The average molecular weight is 400 g/mol. The predicted molar refractivity (Wildman–Crippen MR) is 103 cm³/mol. The number of ether oxygens (including phenoxy) is 1. The summed E-state index contributed by atoms with van der Waals surface area (Å²) in [4.78, 5) is 6.57. The van der Waals surface area contributed by atoms with Gasteiger partial charge in [0.1, 0.15) is 5.75 Å². The molecule has 0 fully saturated rings. The lowest BCUT2D eigenvalue weighted by molar-refractivity contribution is 0.340. The summed E-state index contributed by atoms with van der Waals surface area (Å²) in [5.41, 5.74) is 2.72.